The van der Waals surface area contributed by atoms with Gasteiger partial charge in [-0.15, -0.1) is 0 Å². The summed E-state index contributed by atoms with van der Waals surface area (Å²) in [6.45, 7) is 1.60. The summed E-state index contributed by atoms with van der Waals surface area (Å²) in [5, 5.41) is -0.794. The normalized spacial score (nSPS) is 9.85. The Morgan fingerprint density at radius 3 is 2.54 bits per heavy atom. The molecule has 0 aliphatic carbocycles. The van der Waals surface area contributed by atoms with Crippen molar-refractivity contribution < 1.29 is 13.9 Å². The van der Waals surface area contributed by atoms with E-state index in [1.165, 1.54) is 7.11 Å². The molecule has 0 aliphatic rings. The van der Waals surface area contributed by atoms with Gasteiger partial charge in [-0.3, -0.25) is 4.79 Å². The lowest BCUT2D eigenvalue weighted by atomic mass is 10.1. The first-order chi connectivity index (χ1) is 6.06. The Hall–Kier alpha value is -1.09. The monoisotopic (exact) mass is 202 g/mol. The number of benzene rings is 1. The molecule has 0 saturated heterocycles. The summed E-state index contributed by atoms with van der Waals surface area (Å²) < 4.78 is 18.0. The smallest absolute Gasteiger partial charge is 0.255 e. The van der Waals surface area contributed by atoms with E-state index in [1.54, 1.807) is 13.0 Å². The van der Waals surface area contributed by atoms with Crippen LogP contribution in [0.2, 0.25) is 0 Å². The number of aryl methyl sites for hydroxylation is 1. The van der Waals surface area contributed by atoms with Crippen molar-refractivity contribution in [2.45, 2.75) is 6.92 Å². The van der Waals surface area contributed by atoms with E-state index in [0.717, 1.165) is 6.07 Å². The highest BCUT2D eigenvalue weighted by Crippen LogP contribution is 2.22. The molecule has 2 nitrogen and oxygen atoms in total. The van der Waals surface area contributed by atoms with Gasteiger partial charge in [-0.25, -0.2) is 4.39 Å². The van der Waals surface area contributed by atoms with Crippen LogP contribution >= 0.6 is 11.6 Å². The third-order valence-electron chi connectivity index (χ3n) is 1.69. The van der Waals surface area contributed by atoms with E-state index >= 15 is 0 Å². The maximum atomic E-state index is 13.2. The molecule has 1 aromatic carbocycles. The summed E-state index contributed by atoms with van der Waals surface area (Å²) in [6.07, 6.45) is 0. The number of carbonyl (C=O) groups excluding carboxylic acids is 1. The summed E-state index contributed by atoms with van der Waals surface area (Å²) in [5.41, 5.74) is 0.374. The largest absolute Gasteiger partial charge is 0.497 e. The van der Waals surface area contributed by atoms with E-state index in [4.69, 9.17) is 16.3 Å². The Kier molecular flexibility index (Phi) is 2.88. The van der Waals surface area contributed by atoms with Crippen molar-refractivity contribution in [1.29, 1.82) is 0 Å². The second-order valence-electron chi connectivity index (χ2n) is 2.57. The third-order valence-corrected chi connectivity index (χ3v) is 1.88. The molecule has 0 spiro atoms. The van der Waals surface area contributed by atoms with E-state index in [9.17, 15) is 9.18 Å². The van der Waals surface area contributed by atoms with E-state index in [2.05, 4.69) is 0 Å². The molecule has 1 rings (SSSR count). The molecule has 0 fully saturated rings. The molecule has 13 heavy (non-hydrogen) atoms. The van der Waals surface area contributed by atoms with Crippen molar-refractivity contribution in [3.8, 4) is 5.75 Å². The van der Waals surface area contributed by atoms with Crippen LogP contribution in [0.3, 0.4) is 0 Å². The van der Waals surface area contributed by atoms with Crippen LogP contribution in [-0.2, 0) is 0 Å². The lowest BCUT2D eigenvalue weighted by Gasteiger charge is -2.05. The highest BCUT2D eigenvalue weighted by molar-refractivity contribution is 6.67. The van der Waals surface area contributed by atoms with Crippen LogP contribution in [0.1, 0.15) is 15.9 Å². The molecule has 0 N–H and O–H groups in total. The molecule has 0 aliphatic heterocycles. The fourth-order valence-corrected chi connectivity index (χ4v) is 1.32. The Morgan fingerprint density at radius 2 is 2.15 bits per heavy atom. The molecule has 0 amide bonds. The minimum absolute atomic E-state index is 0.0949. The molecule has 0 saturated carbocycles. The van der Waals surface area contributed by atoms with E-state index in [1.807, 2.05) is 0 Å². The number of methoxy groups -OCH3 is 1. The molecule has 70 valence electrons. The lowest BCUT2D eigenvalue weighted by molar-refractivity contribution is 0.107. The van der Waals surface area contributed by atoms with Gasteiger partial charge in [0.25, 0.3) is 5.24 Å². The van der Waals surface area contributed by atoms with Crippen LogP contribution in [-0.4, -0.2) is 12.4 Å². The topological polar surface area (TPSA) is 26.3 Å². The fraction of sp³-hybridized carbons (Fsp3) is 0.222. The van der Waals surface area contributed by atoms with Crippen molar-refractivity contribution in [3.05, 3.63) is 29.1 Å². The van der Waals surface area contributed by atoms with Crippen molar-refractivity contribution >= 4 is 16.8 Å². The summed E-state index contributed by atoms with van der Waals surface area (Å²) in [7, 11) is 1.43. The number of rotatable bonds is 2. The minimum atomic E-state index is -0.794. The minimum Gasteiger partial charge on any atom is -0.497 e. The summed E-state index contributed by atoms with van der Waals surface area (Å²) in [5.74, 6) is -0.284. The van der Waals surface area contributed by atoms with Gasteiger partial charge in [0.1, 0.15) is 11.6 Å². The zero-order valence-corrected chi connectivity index (χ0v) is 7.98. The predicted molar refractivity (Wildman–Crippen MR) is 47.9 cm³/mol. The molecule has 0 unspecified atom stereocenters. The fourth-order valence-electron chi connectivity index (χ4n) is 1.08. The zero-order valence-electron chi connectivity index (χ0n) is 7.23. The Morgan fingerprint density at radius 1 is 1.54 bits per heavy atom. The van der Waals surface area contributed by atoms with Crippen molar-refractivity contribution in [2.75, 3.05) is 7.11 Å². The van der Waals surface area contributed by atoms with Crippen molar-refractivity contribution in [1.82, 2.24) is 0 Å². The number of hydrogen-bond donors (Lipinski definition) is 0. The second-order valence-corrected chi connectivity index (χ2v) is 2.92. The SMILES string of the molecule is COc1cc(C)c(C(=O)Cl)c(F)c1. The van der Waals surface area contributed by atoms with Crippen LogP contribution in [0.4, 0.5) is 4.39 Å². The average Bonchev–Trinajstić information content (AvgIpc) is 2.02. The Balaban J connectivity index is 3.31. The van der Waals surface area contributed by atoms with Gasteiger partial charge < -0.3 is 4.74 Å². The first-order valence-electron chi connectivity index (χ1n) is 3.60. The quantitative estimate of drug-likeness (QED) is 0.689. The van der Waals surface area contributed by atoms with Gasteiger partial charge in [0, 0.05) is 6.07 Å². The van der Waals surface area contributed by atoms with Gasteiger partial charge in [-0.05, 0) is 30.2 Å². The van der Waals surface area contributed by atoms with Gasteiger partial charge in [0.05, 0.1) is 12.7 Å². The predicted octanol–water partition coefficient (Wildman–Crippen LogP) is 2.52. The number of ether oxygens (including phenoxy) is 1. The van der Waals surface area contributed by atoms with Crippen LogP contribution < -0.4 is 4.74 Å². The Bertz CT molecular complexity index is 326. The van der Waals surface area contributed by atoms with Gasteiger partial charge in [0.2, 0.25) is 0 Å². The molecule has 0 radical (unpaired) electrons. The van der Waals surface area contributed by atoms with Gasteiger partial charge in [0.15, 0.2) is 0 Å². The molecule has 0 aromatic heterocycles. The van der Waals surface area contributed by atoms with Crippen molar-refractivity contribution in [3.63, 3.8) is 0 Å². The van der Waals surface area contributed by atoms with E-state index in [0.29, 0.717) is 11.3 Å². The van der Waals surface area contributed by atoms with E-state index < -0.39 is 11.1 Å². The molecular formula is C9H8ClFO2. The standard InChI is InChI=1S/C9H8ClFO2/c1-5-3-6(13-2)4-7(11)8(5)9(10)12/h3-4H,1-2H3. The Labute approximate surface area is 80.3 Å². The number of halogens is 2. The first kappa shape index (κ1) is 9.99. The average molecular weight is 203 g/mol. The van der Waals surface area contributed by atoms with Gasteiger partial charge in [-0.1, -0.05) is 0 Å². The summed E-state index contributed by atoms with van der Waals surface area (Å²) >= 11 is 5.19. The molecule has 1 aromatic rings. The van der Waals surface area contributed by atoms with Gasteiger partial charge in [-0.2, -0.15) is 0 Å². The van der Waals surface area contributed by atoms with Crippen molar-refractivity contribution in [2.24, 2.45) is 0 Å². The number of carbonyl (C=O) groups is 1. The highest BCUT2D eigenvalue weighted by Gasteiger charge is 2.13. The molecule has 0 heterocycles. The molecule has 0 bridgehead atoms. The highest BCUT2D eigenvalue weighted by atomic mass is 35.5. The van der Waals surface area contributed by atoms with Gasteiger partial charge >= 0.3 is 0 Å². The maximum Gasteiger partial charge on any atom is 0.255 e. The lowest BCUT2D eigenvalue weighted by Crippen LogP contribution is -1.99. The van der Waals surface area contributed by atoms with Crippen LogP contribution in [0, 0.1) is 12.7 Å². The van der Waals surface area contributed by atoms with Crippen LogP contribution in [0.25, 0.3) is 0 Å². The summed E-state index contributed by atoms with van der Waals surface area (Å²) in [4.78, 5) is 10.8. The second kappa shape index (κ2) is 3.75. The molecule has 0 atom stereocenters. The maximum absolute atomic E-state index is 13.2. The first-order valence-corrected chi connectivity index (χ1v) is 3.98. The molecule has 4 heteroatoms. The van der Waals surface area contributed by atoms with Crippen LogP contribution in [0.5, 0.6) is 5.75 Å². The number of hydrogen-bond acceptors (Lipinski definition) is 2. The zero-order chi connectivity index (χ0) is 10.0. The molecular weight excluding hydrogens is 195 g/mol. The summed E-state index contributed by atoms with van der Waals surface area (Å²) in [6, 6.07) is 2.68. The third kappa shape index (κ3) is 1.98. The van der Waals surface area contributed by atoms with E-state index in [-0.39, 0.29) is 5.56 Å². The van der Waals surface area contributed by atoms with Crippen LogP contribution in [0.15, 0.2) is 12.1 Å².